The zero-order valence-electron chi connectivity index (χ0n) is 8.02. The predicted octanol–water partition coefficient (Wildman–Crippen LogP) is 2.66. The lowest BCUT2D eigenvalue weighted by Crippen LogP contribution is -1.69. The first-order valence-electron chi connectivity index (χ1n) is 3.71. The average Bonchev–Trinajstić information content (AvgIpc) is 2.04. The predicted molar refractivity (Wildman–Crippen MR) is 53.5 cm³/mol. The normalized spacial score (nSPS) is 10.8. The molecule has 0 bridgehead atoms. The van der Waals surface area contributed by atoms with Crippen molar-refractivity contribution in [2.24, 2.45) is 5.73 Å². The molecule has 64 valence electrons. The van der Waals surface area contributed by atoms with Crippen LogP contribution in [0.2, 0.25) is 0 Å². The summed E-state index contributed by atoms with van der Waals surface area (Å²) in [7, 11) is 1.50. The topological polar surface area (TPSA) is 26.0 Å². The smallest absolute Gasteiger partial charge is 0.0195 e. The molecule has 0 aromatic heterocycles. The molecule has 0 aliphatic rings. The first-order chi connectivity index (χ1) is 5.16. The maximum Gasteiger partial charge on any atom is -0.0195 e. The molecule has 1 heteroatoms. The van der Waals surface area contributed by atoms with Gasteiger partial charge in [-0.1, -0.05) is 36.0 Å². The fraction of sp³-hybridized carbons (Fsp3) is 0.400. The molecule has 0 aromatic rings. The van der Waals surface area contributed by atoms with Gasteiger partial charge >= 0.3 is 0 Å². The van der Waals surface area contributed by atoms with Gasteiger partial charge in [-0.05, 0) is 27.8 Å². The second kappa shape index (κ2) is 9.18. The Balaban J connectivity index is 0. The van der Waals surface area contributed by atoms with Crippen molar-refractivity contribution in [3.05, 3.63) is 36.0 Å². The van der Waals surface area contributed by atoms with Crippen LogP contribution in [0.1, 0.15) is 20.8 Å². The largest absolute Gasteiger partial charge is 0.333 e. The van der Waals surface area contributed by atoms with Gasteiger partial charge < -0.3 is 5.73 Å². The molecule has 0 spiro atoms. The van der Waals surface area contributed by atoms with Crippen molar-refractivity contribution in [1.82, 2.24) is 0 Å². The zero-order valence-corrected chi connectivity index (χ0v) is 8.02. The van der Waals surface area contributed by atoms with Crippen LogP contribution in [0.3, 0.4) is 0 Å². The van der Waals surface area contributed by atoms with Gasteiger partial charge in [0.15, 0.2) is 0 Å². The maximum atomic E-state index is 4.50. The Kier molecular flexibility index (Phi) is 10.7. The van der Waals surface area contributed by atoms with Gasteiger partial charge in [0.2, 0.25) is 0 Å². The highest BCUT2D eigenvalue weighted by molar-refractivity contribution is 5.22. The van der Waals surface area contributed by atoms with Crippen LogP contribution in [0.15, 0.2) is 36.0 Å². The van der Waals surface area contributed by atoms with Crippen molar-refractivity contribution in [1.29, 1.82) is 0 Å². The van der Waals surface area contributed by atoms with Gasteiger partial charge in [0.25, 0.3) is 0 Å². The Morgan fingerprint density at radius 1 is 1.18 bits per heavy atom. The van der Waals surface area contributed by atoms with Crippen LogP contribution < -0.4 is 5.73 Å². The van der Waals surface area contributed by atoms with E-state index in [1.165, 1.54) is 12.6 Å². The summed E-state index contributed by atoms with van der Waals surface area (Å²) in [5.41, 5.74) is 6.87. The van der Waals surface area contributed by atoms with Gasteiger partial charge in [-0.15, -0.1) is 0 Å². The summed E-state index contributed by atoms with van der Waals surface area (Å²) in [4.78, 5) is 0. The SMILES string of the molecule is C=C(C)/C=C\C(C)=C/C.CN. The Hall–Kier alpha value is -0.820. The molecule has 1 nitrogen and oxygen atoms in total. The number of hydrogen-bond acceptors (Lipinski definition) is 1. The van der Waals surface area contributed by atoms with Crippen LogP contribution in [-0.2, 0) is 0 Å². The van der Waals surface area contributed by atoms with E-state index in [0.29, 0.717) is 0 Å². The number of allylic oxidation sites excluding steroid dienone is 5. The molecule has 11 heavy (non-hydrogen) atoms. The van der Waals surface area contributed by atoms with E-state index in [9.17, 15) is 0 Å². The molecule has 0 saturated carbocycles. The molecule has 0 aliphatic carbocycles. The van der Waals surface area contributed by atoms with Crippen molar-refractivity contribution >= 4 is 0 Å². The van der Waals surface area contributed by atoms with E-state index in [4.69, 9.17) is 0 Å². The monoisotopic (exact) mass is 153 g/mol. The Morgan fingerprint density at radius 3 is 1.91 bits per heavy atom. The first-order valence-corrected chi connectivity index (χ1v) is 3.71. The lowest BCUT2D eigenvalue weighted by atomic mass is 10.2. The van der Waals surface area contributed by atoms with Gasteiger partial charge in [0, 0.05) is 0 Å². The summed E-state index contributed by atoms with van der Waals surface area (Å²) < 4.78 is 0. The third-order valence-electron chi connectivity index (χ3n) is 1.09. The Morgan fingerprint density at radius 2 is 1.64 bits per heavy atom. The van der Waals surface area contributed by atoms with E-state index in [0.717, 1.165) is 5.57 Å². The minimum Gasteiger partial charge on any atom is -0.333 e. The molecular weight excluding hydrogens is 134 g/mol. The van der Waals surface area contributed by atoms with Gasteiger partial charge in [-0.3, -0.25) is 0 Å². The van der Waals surface area contributed by atoms with Gasteiger partial charge in [-0.25, -0.2) is 0 Å². The van der Waals surface area contributed by atoms with E-state index in [-0.39, 0.29) is 0 Å². The molecule has 0 unspecified atom stereocenters. The fourth-order valence-corrected chi connectivity index (χ4v) is 0.370. The molecule has 0 heterocycles. The van der Waals surface area contributed by atoms with Crippen LogP contribution in [0.5, 0.6) is 0 Å². The summed E-state index contributed by atoms with van der Waals surface area (Å²) >= 11 is 0. The van der Waals surface area contributed by atoms with Gasteiger partial charge in [-0.2, -0.15) is 0 Å². The molecule has 2 N–H and O–H groups in total. The van der Waals surface area contributed by atoms with Crippen molar-refractivity contribution in [2.75, 3.05) is 7.05 Å². The standard InChI is InChI=1S/C9H14.CH5N/c1-5-9(4)7-6-8(2)3;1-2/h5-7H,2H2,1,3-4H3;2H2,1H3/b7-6-,9-5-;. The lowest BCUT2D eigenvalue weighted by molar-refractivity contribution is 1.45. The second-order valence-electron chi connectivity index (χ2n) is 2.21. The van der Waals surface area contributed by atoms with Crippen LogP contribution in [0.4, 0.5) is 0 Å². The van der Waals surface area contributed by atoms with Crippen LogP contribution in [-0.4, -0.2) is 7.05 Å². The average molecular weight is 153 g/mol. The van der Waals surface area contributed by atoms with Crippen molar-refractivity contribution in [3.8, 4) is 0 Å². The minimum atomic E-state index is 1.09. The molecule has 0 fully saturated rings. The highest BCUT2D eigenvalue weighted by Crippen LogP contribution is 1.97. The second-order valence-corrected chi connectivity index (χ2v) is 2.21. The number of hydrogen-bond donors (Lipinski definition) is 1. The van der Waals surface area contributed by atoms with E-state index in [2.05, 4.69) is 31.4 Å². The highest BCUT2D eigenvalue weighted by Gasteiger charge is 1.75. The zero-order chi connectivity index (χ0) is 9.28. The third kappa shape index (κ3) is 12.4. The van der Waals surface area contributed by atoms with Crippen LogP contribution in [0.25, 0.3) is 0 Å². The molecule has 0 saturated heterocycles. The van der Waals surface area contributed by atoms with Crippen molar-refractivity contribution < 1.29 is 0 Å². The van der Waals surface area contributed by atoms with Crippen molar-refractivity contribution in [3.63, 3.8) is 0 Å². The molecule has 0 aliphatic heterocycles. The molecule has 0 aromatic carbocycles. The van der Waals surface area contributed by atoms with Crippen LogP contribution in [0, 0.1) is 0 Å². The number of nitrogens with two attached hydrogens (primary N) is 1. The summed E-state index contributed by atoms with van der Waals surface area (Å²) in [5.74, 6) is 0. The minimum absolute atomic E-state index is 1.09. The molecule has 0 radical (unpaired) electrons. The summed E-state index contributed by atoms with van der Waals surface area (Å²) in [5, 5.41) is 0. The summed E-state index contributed by atoms with van der Waals surface area (Å²) in [6.45, 7) is 9.83. The van der Waals surface area contributed by atoms with E-state index in [1.807, 2.05) is 19.9 Å². The Bertz CT molecular complexity index is 152. The maximum absolute atomic E-state index is 4.50. The lowest BCUT2D eigenvalue weighted by Gasteiger charge is -1.86. The molecule has 0 rings (SSSR count). The molecular formula is C10H19N. The third-order valence-corrected chi connectivity index (χ3v) is 1.09. The van der Waals surface area contributed by atoms with Gasteiger partial charge in [0.05, 0.1) is 0 Å². The quantitative estimate of drug-likeness (QED) is 0.606. The van der Waals surface area contributed by atoms with E-state index in [1.54, 1.807) is 0 Å². The van der Waals surface area contributed by atoms with Crippen LogP contribution >= 0.6 is 0 Å². The number of rotatable bonds is 2. The van der Waals surface area contributed by atoms with Gasteiger partial charge in [0.1, 0.15) is 0 Å². The first kappa shape index (κ1) is 12.8. The van der Waals surface area contributed by atoms with E-state index >= 15 is 0 Å². The molecule has 0 atom stereocenters. The summed E-state index contributed by atoms with van der Waals surface area (Å²) in [6.07, 6.45) is 6.14. The van der Waals surface area contributed by atoms with Crippen molar-refractivity contribution in [2.45, 2.75) is 20.8 Å². The Labute approximate surface area is 70.3 Å². The highest BCUT2D eigenvalue weighted by atomic mass is 14.4. The summed E-state index contributed by atoms with van der Waals surface area (Å²) in [6, 6.07) is 0. The van der Waals surface area contributed by atoms with E-state index < -0.39 is 0 Å². The fourth-order valence-electron chi connectivity index (χ4n) is 0.370. The molecule has 0 amide bonds.